The normalized spacial score (nSPS) is 25.5. The van der Waals surface area contributed by atoms with Gasteiger partial charge in [0.1, 0.15) is 0 Å². The van der Waals surface area contributed by atoms with Crippen molar-refractivity contribution in [2.75, 3.05) is 26.2 Å². The molecule has 1 aliphatic heterocycles. The predicted octanol–water partition coefficient (Wildman–Crippen LogP) is 2.01. The molecule has 2 unspecified atom stereocenters. The Bertz CT molecular complexity index is 312. The van der Waals surface area contributed by atoms with E-state index in [1.54, 1.807) is 4.90 Å². The van der Waals surface area contributed by atoms with Gasteiger partial charge in [-0.05, 0) is 12.3 Å². The van der Waals surface area contributed by atoms with Crippen LogP contribution in [0.4, 0.5) is 22.0 Å². The first-order valence-corrected chi connectivity index (χ1v) is 5.97. The molecule has 0 saturated carbocycles. The summed E-state index contributed by atoms with van der Waals surface area (Å²) in [4.78, 5) is 1.57. The highest BCUT2D eigenvalue weighted by Crippen LogP contribution is 2.30. The number of halogens is 5. The fourth-order valence-electron chi connectivity index (χ4n) is 2.41. The van der Waals surface area contributed by atoms with Crippen molar-refractivity contribution in [3.8, 4) is 6.07 Å². The molecule has 1 saturated heterocycles. The summed E-state index contributed by atoms with van der Waals surface area (Å²) >= 11 is 0. The van der Waals surface area contributed by atoms with E-state index in [1.165, 1.54) is 0 Å². The van der Waals surface area contributed by atoms with Crippen molar-refractivity contribution >= 4 is 0 Å². The maximum atomic E-state index is 12.4. The van der Waals surface area contributed by atoms with E-state index >= 15 is 0 Å². The van der Waals surface area contributed by atoms with Gasteiger partial charge in [-0.2, -0.15) is 18.4 Å². The Morgan fingerprint density at radius 1 is 1.32 bits per heavy atom. The molecule has 0 aromatic rings. The molecule has 1 N–H and O–H groups in total. The van der Waals surface area contributed by atoms with Crippen LogP contribution in [0.15, 0.2) is 0 Å². The number of nitrogens with zero attached hydrogens (tertiary/aromatic N) is 2. The fraction of sp³-hybridized carbons (Fsp3) is 0.909. The number of nitriles is 1. The van der Waals surface area contributed by atoms with E-state index in [0.717, 1.165) is 0 Å². The van der Waals surface area contributed by atoms with E-state index < -0.39 is 37.5 Å². The number of rotatable bonds is 5. The van der Waals surface area contributed by atoms with Crippen molar-refractivity contribution in [3.63, 3.8) is 0 Å². The van der Waals surface area contributed by atoms with Crippen LogP contribution < -0.4 is 5.32 Å². The fourth-order valence-corrected chi connectivity index (χ4v) is 2.41. The molecule has 0 bridgehead atoms. The average molecular weight is 285 g/mol. The van der Waals surface area contributed by atoms with E-state index in [9.17, 15) is 22.0 Å². The van der Waals surface area contributed by atoms with Crippen LogP contribution >= 0.6 is 0 Å². The van der Waals surface area contributed by atoms with Gasteiger partial charge in [-0.15, -0.1) is 0 Å². The highest BCUT2D eigenvalue weighted by Gasteiger charge is 2.36. The summed E-state index contributed by atoms with van der Waals surface area (Å²) in [6.07, 6.45) is -7.55. The van der Waals surface area contributed by atoms with Crippen LogP contribution in [0.1, 0.15) is 12.8 Å². The van der Waals surface area contributed by atoms with Gasteiger partial charge in [-0.25, -0.2) is 8.78 Å². The SMILES string of the molecule is N#CCN1CC(CC(F)(F)F)CC(NCC(F)F)C1. The molecule has 0 amide bonds. The summed E-state index contributed by atoms with van der Waals surface area (Å²) in [6, 6.07) is 1.45. The molecule has 0 aromatic heterocycles. The summed E-state index contributed by atoms with van der Waals surface area (Å²) in [5.41, 5.74) is 0. The van der Waals surface area contributed by atoms with E-state index in [1.807, 2.05) is 6.07 Å². The van der Waals surface area contributed by atoms with Gasteiger partial charge in [0, 0.05) is 25.6 Å². The first-order chi connectivity index (χ1) is 8.80. The predicted molar refractivity (Wildman–Crippen MR) is 58.6 cm³/mol. The smallest absolute Gasteiger partial charge is 0.307 e. The molecular formula is C11H16F5N3. The molecule has 8 heteroatoms. The first kappa shape index (κ1) is 16.1. The van der Waals surface area contributed by atoms with Crippen LogP contribution in [-0.2, 0) is 0 Å². The average Bonchev–Trinajstić information content (AvgIpc) is 2.24. The summed E-state index contributed by atoms with van der Waals surface area (Å²) in [7, 11) is 0. The van der Waals surface area contributed by atoms with Gasteiger partial charge in [0.2, 0.25) is 0 Å². The standard InChI is InChI=1S/C11H16F5N3/c12-10(13)5-18-9-3-8(4-11(14,15)16)6-19(7-9)2-1-17/h8-10,18H,2-7H2. The summed E-state index contributed by atoms with van der Waals surface area (Å²) in [6.45, 7) is -0.0143. The van der Waals surface area contributed by atoms with Gasteiger partial charge < -0.3 is 5.32 Å². The third-order valence-corrected chi connectivity index (χ3v) is 2.99. The number of hydrogen-bond donors (Lipinski definition) is 1. The summed E-state index contributed by atoms with van der Waals surface area (Å²) in [5.74, 6) is -0.655. The van der Waals surface area contributed by atoms with Crippen molar-refractivity contribution in [1.29, 1.82) is 5.26 Å². The van der Waals surface area contributed by atoms with Crippen LogP contribution in [-0.4, -0.2) is 49.7 Å². The molecule has 0 aliphatic carbocycles. The summed E-state index contributed by atoms with van der Waals surface area (Å²) in [5, 5.41) is 11.1. The Balaban J connectivity index is 2.55. The van der Waals surface area contributed by atoms with Gasteiger partial charge >= 0.3 is 6.18 Å². The molecule has 0 radical (unpaired) electrons. The van der Waals surface area contributed by atoms with Crippen molar-refractivity contribution < 1.29 is 22.0 Å². The van der Waals surface area contributed by atoms with Crippen molar-refractivity contribution in [2.24, 2.45) is 5.92 Å². The zero-order chi connectivity index (χ0) is 14.5. The molecular weight excluding hydrogens is 269 g/mol. The molecule has 19 heavy (non-hydrogen) atoms. The molecule has 2 atom stereocenters. The van der Waals surface area contributed by atoms with Crippen LogP contribution in [0.3, 0.4) is 0 Å². The maximum absolute atomic E-state index is 12.4. The van der Waals surface area contributed by atoms with Crippen molar-refractivity contribution in [3.05, 3.63) is 0 Å². The van der Waals surface area contributed by atoms with Gasteiger partial charge in [-0.3, -0.25) is 4.90 Å². The van der Waals surface area contributed by atoms with Gasteiger partial charge in [-0.1, -0.05) is 0 Å². The van der Waals surface area contributed by atoms with Gasteiger partial charge in [0.25, 0.3) is 6.43 Å². The number of alkyl halides is 5. The van der Waals surface area contributed by atoms with Crippen LogP contribution in [0.5, 0.6) is 0 Å². The first-order valence-electron chi connectivity index (χ1n) is 5.97. The topological polar surface area (TPSA) is 39.1 Å². The van der Waals surface area contributed by atoms with Crippen LogP contribution in [0.25, 0.3) is 0 Å². The highest BCUT2D eigenvalue weighted by atomic mass is 19.4. The second-order valence-electron chi connectivity index (χ2n) is 4.77. The van der Waals surface area contributed by atoms with Crippen LogP contribution in [0.2, 0.25) is 0 Å². The molecule has 1 fully saturated rings. The highest BCUT2D eigenvalue weighted by molar-refractivity contribution is 4.88. The number of nitrogens with one attached hydrogen (secondary N) is 1. The molecule has 1 aliphatic rings. The second-order valence-corrected chi connectivity index (χ2v) is 4.77. The minimum absolute atomic E-state index is 0.0151. The minimum Gasteiger partial charge on any atom is -0.307 e. The lowest BCUT2D eigenvalue weighted by Crippen LogP contribution is -2.50. The van der Waals surface area contributed by atoms with E-state index in [2.05, 4.69) is 5.32 Å². The van der Waals surface area contributed by atoms with E-state index in [4.69, 9.17) is 5.26 Å². The van der Waals surface area contributed by atoms with Gasteiger partial charge in [0.05, 0.1) is 19.2 Å². The molecule has 1 rings (SSSR count). The van der Waals surface area contributed by atoms with Gasteiger partial charge in [0.15, 0.2) is 0 Å². The Kier molecular flexibility index (Phi) is 5.94. The van der Waals surface area contributed by atoms with E-state index in [0.29, 0.717) is 6.54 Å². The van der Waals surface area contributed by atoms with Crippen molar-refractivity contribution in [1.82, 2.24) is 10.2 Å². The van der Waals surface area contributed by atoms with Crippen molar-refractivity contribution in [2.45, 2.75) is 31.5 Å². The molecule has 110 valence electrons. The van der Waals surface area contributed by atoms with E-state index in [-0.39, 0.29) is 19.5 Å². The Morgan fingerprint density at radius 2 is 2.00 bits per heavy atom. The Hall–Kier alpha value is -0.940. The Morgan fingerprint density at radius 3 is 2.53 bits per heavy atom. The lowest BCUT2D eigenvalue weighted by Gasteiger charge is -2.37. The number of hydrogen-bond acceptors (Lipinski definition) is 3. The second kappa shape index (κ2) is 7.01. The Labute approximate surface area is 108 Å². The quantitative estimate of drug-likeness (QED) is 0.620. The third kappa shape index (κ3) is 6.68. The molecule has 3 nitrogen and oxygen atoms in total. The largest absolute Gasteiger partial charge is 0.389 e. The monoisotopic (exact) mass is 285 g/mol. The lowest BCUT2D eigenvalue weighted by atomic mass is 9.91. The molecule has 0 spiro atoms. The maximum Gasteiger partial charge on any atom is 0.389 e. The minimum atomic E-state index is -4.27. The lowest BCUT2D eigenvalue weighted by molar-refractivity contribution is -0.148. The zero-order valence-electron chi connectivity index (χ0n) is 10.3. The molecule has 0 aromatic carbocycles. The number of likely N-dealkylation sites (tertiary alicyclic amines) is 1. The number of piperidine rings is 1. The third-order valence-electron chi connectivity index (χ3n) is 2.99. The molecule has 1 heterocycles. The van der Waals surface area contributed by atoms with Crippen LogP contribution in [0, 0.1) is 17.2 Å². The zero-order valence-corrected chi connectivity index (χ0v) is 10.3. The summed E-state index contributed by atoms with van der Waals surface area (Å²) < 4.78 is 61.3.